The first kappa shape index (κ1) is 15.7. The number of nitrogens with one attached hydrogen (secondary N) is 1. The predicted octanol–water partition coefficient (Wildman–Crippen LogP) is 3.50. The summed E-state index contributed by atoms with van der Waals surface area (Å²) in [5.74, 6) is -0.353. The summed E-state index contributed by atoms with van der Waals surface area (Å²) < 4.78 is 23.4. The first-order chi connectivity index (χ1) is 11.5. The Labute approximate surface area is 136 Å². The minimum absolute atomic E-state index is 0.174. The number of hydrogen-bond donors (Lipinski definition) is 1. The Kier molecular flexibility index (Phi) is 4.04. The van der Waals surface area contributed by atoms with Crippen LogP contribution < -0.4 is 15.7 Å². The fourth-order valence-electron chi connectivity index (χ4n) is 2.41. The zero-order valence-electron chi connectivity index (χ0n) is 13.1. The van der Waals surface area contributed by atoms with Crippen LogP contribution >= 0.6 is 0 Å². The first-order valence-corrected chi connectivity index (χ1v) is 7.17. The second-order valence-electron chi connectivity index (χ2n) is 5.25. The molecule has 0 bridgehead atoms. The number of amides is 1. The number of hydrogen-bond acceptors (Lipinski definition) is 4. The highest BCUT2D eigenvalue weighted by atomic mass is 19.1. The van der Waals surface area contributed by atoms with Crippen molar-refractivity contribution in [3.63, 3.8) is 0 Å². The molecule has 1 N–H and O–H groups in total. The van der Waals surface area contributed by atoms with E-state index >= 15 is 0 Å². The van der Waals surface area contributed by atoms with Crippen molar-refractivity contribution in [2.24, 2.45) is 0 Å². The SMILES string of the molecule is COc1ccc2c(C(=O)Nc3ccc(F)cc3C)cc(=O)oc2c1. The molecule has 1 heterocycles. The molecule has 0 saturated carbocycles. The van der Waals surface area contributed by atoms with Crippen molar-refractivity contribution >= 4 is 22.6 Å². The molecule has 3 rings (SSSR count). The summed E-state index contributed by atoms with van der Waals surface area (Å²) in [7, 11) is 1.49. The first-order valence-electron chi connectivity index (χ1n) is 7.17. The Balaban J connectivity index is 2.04. The van der Waals surface area contributed by atoms with Crippen LogP contribution in [0.25, 0.3) is 11.0 Å². The molecule has 5 nitrogen and oxygen atoms in total. The van der Waals surface area contributed by atoms with Crippen molar-refractivity contribution in [3.8, 4) is 5.75 Å². The molecular weight excluding hydrogens is 313 g/mol. The number of ether oxygens (including phenoxy) is 1. The third-order valence-electron chi connectivity index (χ3n) is 3.63. The fraction of sp³-hybridized carbons (Fsp3) is 0.111. The molecule has 6 heteroatoms. The maximum atomic E-state index is 13.2. The highest BCUT2D eigenvalue weighted by Gasteiger charge is 2.15. The number of rotatable bonds is 3. The smallest absolute Gasteiger partial charge is 0.337 e. The number of benzene rings is 2. The van der Waals surface area contributed by atoms with Gasteiger partial charge in [-0.1, -0.05) is 0 Å². The molecule has 1 aromatic heterocycles. The lowest BCUT2D eigenvalue weighted by molar-refractivity contribution is 0.102. The molecule has 0 aliphatic carbocycles. The van der Waals surface area contributed by atoms with Gasteiger partial charge in [0.15, 0.2) is 0 Å². The van der Waals surface area contributed by atoms with Crippen LogP contribution in [0.1, 0.15) is 15.9 Å². The molecule has 0 aliphatic heterocycles. The van der Waals surface area contributed by atoms with E-state index in [1.807, 2.05) is 0 Å². The zero-order valence-corrected chi connectivity index (χ0v) is 13.1. The average molecular weight is 327 g/mol. The molecule has 0 unspecified atom stereocenters. The van der Waals surface area contributed by atoms with Crippen LogP contribution in [-0.2, 0) is 0 Å². The number of methoxy groups -OCH3 is 1. The van der Waals surface area contributed by atoms with Crippen molar-refractivity contribution in [2.75, 3.05) is 12.4 Å². The van der Waals surface area contributed by atoms with Gasteiger partial charge in [0.25, 0.3) is 5.91 Å². The van der Waals surface area contributed by atoms with E-state index in [4.69, 9.17) is 9.15 Å². The summed E-state index contributed by atoms with van der Waals surface area (Å²) in [4.78, 5) is 24.3. The molecule has 0 aliphatic rings. The second-order valence-corrected chi connectivity index (χ2v) is 5.25. The maximum Gasteiger partial charge on any atom is 0.337 e. The normalized spacial score (nSPS) is 10.6. The van der Waals surface area contributed by atoms with Gasteiger partial charge in [0, 0.05) is 23.2 Å². The van der Waals surface area contributed by atoms with Gasteiger partial charge < -0.3 is 14.5 Å². The summed E-state index contributed by atoms with van der Waals surface area (Å²) in [6.45, 7) is 1.68. The fourth-order valence-corrected chi connectivity index (χ4v) is 2.41. The number of aryl methyl sites for hydroxylation is 1. The van der Waals surface area contributed by atoms with Crippen LogP contribution in [0.2, 0.25) is 0 Å². The van der Waals surface area contributed by atoms with Gasteiger partial charge >= 0.3 is 5.63 Å². The van der Waals surface area contributed by atoms with E-state index in [9.17, 15) is 14.0 Å². The van der Waals surface area contributed by atoms with Crippen molar-refractivity contribution in [2.45, 2.75) is 6.92 Å². The van der Waals surface area contributed by atoms with Crippen molar-refractivity contribution in [3.05, 3.63) is 69.8 Å². The number of halogens is 1. The summed E-state index contributed by atoms with van der Waals surface area (Å²) in [5.41, 5.74) is 0.834. The molecule has 3 aromatic rings. The Morgan fingerprint density at radius 2 is 1.96 bits per heavy atom. The Morgan fingerprint density at radius 3 is 2.67 bits per heavy atom. The van der Waals surface area contributed by atoms with Gasteiger partial charge in [-0.05, 0) is 42.8 Å². The molecule has 0 saturated heterocycles. The van der Waals surface area contributed by atoms with Crippen LogP contribution in [0.5, 0.6) is 5.75 Å². The molecule has 1 amide bonds. The number of anilines is 1. The van der Waals surface area contributed by atoms with Crippen LogP contribution in [0, 0.1) is 12.7 Å². The van der Waals surface area contributed by atoms with Gasteiger partial charge in [0.2, 0.25) is 0 Å². The topological polar surface area (TPSA) is 68.5 Å². The number of fused-ring (bicyclic) bond motifs is 1. The molecule has 0 atom stereocenters. The van der Waals surface area contributed by atoms with Gasteiger partial charge in [0.05, 0.1) is 12.7 Å². The van der Waals surface area contributed by atoms with E-state index in [1.165, 1.54) is 31.4 Å². The summed E-state index contributed by atoms with van der Waals surface area (Å²) in [6, 6.07) is 10.0. The Hall–Kier alpha value is -3.15. The van der Waals surface area contributed by atoms with Gasteiger partial charge in [-0.3, -0.25) is 4.79 Å². The zero-order chi connectivity index (χ0) is 17.3. The second kappa shape index (κ2) is 6.16. The number of carbonyl (C=O) groups excluding carboxylic acids is 1. The predicted molar refractivity (Wildman–Crippen MR) is 88.1 cm³/mol. The van der Waals surface area contributed by atoms with E-state index in [0.29, 0.717) is 22.4 Å². The molecular formula is C18H14FNO4. The summed E-state index contributed by atoms with van der Waals surface area (Å²) >= 11 is 0. The van der Waals surface area contributed by atoms with E-state index in [-0.39, 0.29) is 17.0 Å². The van der Waals surface area contributed by atoms with Crippen LogP contribution in [0.15, 0.2) is 51.7 Å². The lowest BCUT2D eigenvalue weighted by Crippen LogP contribution is -2.16. The minimum atomic E-state index is -0.642. The summed E-state index contributed by atoms with van der Waals surface area (Å²) in [6.07, 6.45) is 0. The molecule has 0 radical (unpaired) electrons. The average Bonchev–Trinajstić information content (AvgIpc) is 2.55. The van der Waals surface area contributed by atoms with Crippen LogP contribution in [-0.4, -0.2) is 13.0 Å². The van der Waals surface area contributed by atoms with Crippen LogP contribution in [0.3, 0.4) is 0 Å². The molecule has 0 fully saturated rings. The monoisotopic (exact) mass is 327 g/mol. The lowest BCUT2D eigenvalue weighted by atomic mass is 10.1. The third-order valence-corrected chi connectivity index (χ3v) is 3.63. The molecule has 0 spiro atoms. The van der Waals surface area contributed by atoms with Crippen molar-refractivity contribution in [1.29, 1.82) is 0 Å². The highest BCUT2D eigenvalue weighted by Crippen LogP contribution is 2.24. The van der Waals surface area contributed by atoms with E-state index in [0.717, 1.165) is 6.07 Å². The standard InChI is InChI=1S/C18H14FNO4/c1-10-7-11(19)3-6-15(10)20-18(22)14-9-17(21)24-16-8-12(23-2)4-5-13(14)16/h3-9H,1-2H3,(H,20,22). The third kappa shape index (κ3) is 2.99. The molecule has 24 heavy (non-hydrogen) atoms. The van der Waals surface area contributed by atoms with Gasteiger partial charge in [-0.25, -0.2) is 9.18 Å². The Morgan fingerprint density at radius 1 is 1.17 bits per heavy atom. The minimum Gasteiger partial charge on any atom is -0.497 e. The largest absolute Gasteiger partial charge is 0.497 e. The Bertz CT molecular complexity index is 994. The highest BCUT2D eigenvalue weighted by molar-refractivity contribution is 6.12. The van der Waals surface area contributed by atoms with E-state index in [2.05, 4.69) is 5.32 Å². The molecule has 122 valence electrons. The quantitative estimate of drug-likeness (QED) is 0.748. The number of carbonyl (C=O) groups is 1. The summed E-state index contributed by atoms with van der Waals surface area (Å²) in [5, 5.41) is 3.16. The van der Waals surface area contributed by atoms with Gasteiger partial charge in [-0.2, -0.15) is 0 Å². The van der Waals surface area contributed by atoms with Crippen molar-refractivity contribution < 1.29 is 18.3 Å². The van der Waals surface area contributed by atoms with Gasteiger partial charge in [-0.15, -0.1) is 0 Å². The van der Waals surface area contributed by atoms with Crippen molar-refractivity contribution in [1.82, 2.24) is 0 Å². The molecule has 2 aromatic carbocycles. The van der Waals surface area contributed by atoms with E-state index < -0.39 is 11.5 Å². The van der Waals surface area contributed by atoms with E-state index in [1.54, 1.807) is 19.1 Å². The van der Waals surface area contributed by atoms with Crippen LogP contribution in [0.4, 0.5) is 10.1 Å². The lowest BCUT2D eigenvalue weighted by Gasteiger charge is -2.10. The van der Waals surface area contributed by atoms with Gasteiger partial charge in [0.1, 0.15) is 17.1 Å². The maximum absolute atomic E-state index is 13.2.